The first kappa shape index (κ1) is 24.9. The van der Waals surface area contributed by atoms with E-state index in [0.29, 0.717) is 37.0 Å². The molecule has 5 N–H and O–H groups in total. The summed E-state index contributed by atoms with van der Waals surface area (Å²) in [5.74, 6) is 0.653. The summed E-state index contributed by atoms with van der Waals surface area (Å²) >= 11 is 0. The number of amides is 2. The Hall–Kier alpha value is -1.80. The lowest BCUT2D eigenvalue weighted by Gasteiger charge is -2.44. The van der Waals surface area contributed by atoms with Gasteiger partial charge >= 0.3 is 0 Å². The summed E-state index contributed by atoms with van der Waals surface area (Å²) in [5, 5.41) is 15.8. The highest BCUT2D eigenvalue weighted by atomic mass is 19.1. The highest BCUT2D eigenvalue weighted by molar-refractivity contribution is 5.90. The van der Waals surface area contributed by atoms with Gasteiger partial charge in [-0.25, -0.2) is 4.39 Å². The Labute approximate surface area is 206 Å². The summed E-state index contributed by atoms with van der Waals surface area (Å²) in [7, 11) is 0. The third-order valence-electron chi connectivity index (χ3n) is 8.83. The van der Waals surface area contributed by atoms with E-state index in [1.807, 2.05) is 0 Å². The van der Waals surface area contributed by atoms with E-state index in [1.165, 1.54) is 6.42 Å². The summed E-state index contributed by atoms with van der Waals surface area (Å²) in [6, 6.07) is 0.135. The molecule has 3 aliphatic carbocycles. The Morgan fingerprint density at radius 2 is 1.86 bits per heavy atom. The molecule has 3 saturated carbocycles. The van der Waals surface area contributed by atoms with Crippen LogP contribution in [0.2, 0.25) is 0 Å². The van der Waals surface area contributed by atoms with E-state index < -0.39 is 30.4 Å². The Balaban J connectivity index is 1.20. The quantitative estimate of drug-likeness (QED) is 0.365. The minimum absolute atomic E-state index is 0.00254. The first-order valence-electron chi connectivity index (χ1n) is 13.6. The topological polar surface area (TPSA) is 127 Å². The van der Waals surface area contributed by atoms with Gasteiger partial charge in [-0.1, -0.05) is 32.1 Å². The third-order valence-corrected chi connectivity index (χ3v) is 8.83. The van der Waals surface area contributed by atoms with Gasteiger partial charge in [-0.05, 0) is 62.2 Å². The number of hydroxylamine groups is 1. The fourth-order valence-electron chi connectivity index (χ4n) is 6.65. The number of alkyl halides is 1. The number of carbonyl (C=O) groups excluding carboxylic acids is 2. The van der Waals surface area contributed by atoms with Crippen LogP contribution in [0.1, 0.15) is 70.6 Å². The van der Waals surface area contributed by atoms with Crippen molar-refractivity contribution >= 4 is 11.8 Å². The molecule has 5 rings (SSSR count). The fraction of sp³-hybridized carbons (Fsp3) is 0.880. The van der Waals surface area contributed by atoms with Gasteiger partial charge in [-0.3, -0.25) is 25.3 Å². The Kier molecular flexibility index (Phi) is 7.87. The normalized spacial score (nSPS) is 38.7. The SMILES string of the molecule is N#CC(NC(=O)C(CC1CC1)NC(=O)C1CC2CCCC(F)C2ON1)C1NNCC2CCCCC21. The summed E-state index contributed by atoms with van der Waals surface area (Å²) in [4.78, 5) is 32.0. The van der Waals surface area contributed by atoms with Crippen LogP contribution in [0, 0.1) is 35.0 Å². The first-order valence-corrected chi connectivity index (χ1v) is 13.6. The number of hydrazine groups is 1. The molecule has 2 aliphatic heterocycles. The zero-order valence-corrected chi connectivity index (χ0v) is 20.3. The predicted octanol–water partition coefficient (Wildman–Crippen LogP) is 1.36. The molecule has 5 aliphatic rings. The van der Waals surface area contributed by atoms with Crippen molar-refractivity contribution in [2.75, 3.05) is 6.54 Å². The van der Waals surface area contributed by atoms with Crippen LogP contribution in [0.25, 0.3) is 0 Å². The van der Waals surface area contributed by atoms with E-state index in [1.54, 1.807) is 0 Å². The lowest BCUT2D eigenvalue weighted by molar-refractivity contribution is -0.165. The zero-order valence-electron chi connectivity index (χ0n) is 20.3. The second kappa shape index (κ2) is 11.1. The molecule has 0 aromatic rings. The van der Waals surface area contributed by atoms with E-state index in [-0.39, 0.29) is 23.8 Å². The van der Waals surface area contributed by atoms with Crippen LogP contribution in [0.4, 0.5) is 4.39 Å². The second-order valence-corrected chi connectivity index (χ2v) is 11.3. The lowest BCUT2D eigenvalue weighted by atomic mass is 9.72. The molecule has 2 saturated heterocycles. The summed E-state index contributed by atoms with van der Waals surface area (Å²) in [5.41, 5.74) is 9.22. The molecular weight excluding hydrogens is 451 g/mol. The molecule has 10 heteroatoms. The molecule has 194 valence electrons. The number of nitrogens with zero attached hydrogens (tertiary/aromatic N) is 1. The summed E-state index contributed by atoms with van der Waals surface area (Å²) in [6.07, 6.45) is 8.33. The minimum Gasteiger partial charge on any atom is -0.343 e. The van der Waals surface area contributed by atoms with Gasteiger partial charge in [0.2, 0.25) is 11.8 Å². The molecule has 0 aromatic heterocycles. The largest absolute Gasteiger partial charge is 0.343 e. The van der Waals surface area contributed by atoms with Gasteiger partial charge < -0.3 is 10.6 Å². The number of rotatable bonds is 7. The fourth-order valence-corrected chi connectivity index (χ4v) is 6.65. The number of carbonyl (C=O) groups is 2. The van der Waals surface area contributed by atoms with Crippen molar-refractivity contribution in [2.24, 2.45) is 23.7 Å². The average Bonchev–Trinajstić information content (AvgIpc) is 3.70. The maximum absolute atomic E-state index is 14.2. The van der Waals surface area contributed by atoms with Crippen molar-refractivity contribution in [1.82, 2.24) is 27.0 Å². The number of hydrogen-bond donors (Lipinski definition) is 5. The van der Waals surface area contributed by atoms with Gasteiger partial charge in [-0.2, -0.15) is 10.7 Å². The van der Waals surface area contributed by atoms with Gasteiger partial charge in [-0.15, -0.1) is 0 Å². The molecule has 0 spiro atoms. The van der Waals surface area contributed by atoms with Gasteiger partial charge in [0.05, 0.1) is 12.1 Å². The van der Waals surface area contributed by atoms with Crippen LogP contribution < -0.4 is 27.0 Å². The van der Waals surface area contributed by atoms with E-state index in [9.17, 15) is 19.2 Å². The smallest absolute Gasteiger partial charge is 0.243 e. The minimum atomic E-state index is -1.01. The number of nitriles is 1. The lowest BCUT2D eigenvalue weighted by Crippen LogP contribution is -2.65. The molecule has 0 aromatic carbocycles. The number of fused-ring (bicyclic) bond motifs is 2. The standard InChI is InChI=1S/C25H39FN6O3/c26-18-7-3-5-15-11-20(32-35-23(15)18)25(34)29-19(10-14-8-9-14)24(33)30-21(12-27)22-17-6-2-1-4-16(17)13-28-31-22/h14-23,28,31-32H,1-11,13H2,(H,29,34)(H,30,33). The summed E-state index contributed by atoms with van der Waals surface area (Å²) in [6.45, 7) is 0.884. The molecule has 5 fully saturated rings. The maximum atomic E-state index is 14.2. The van der Waals surface area contributed by atoms with Crippen molar-refractivity contribution in [3.8, 4) is 6.07 Å². The van der Waals surface area contributed by atoms with Crippen LogP contribution in [0.15, 0.2) is 0 Å². The Morgan fingerprint density at radius 1 is 1.06 bits per heavy atom. The molecule has 0 bridgehead atoms. The molecule has 9 unspecified atom stereocenters. The van der Waals surface area contributed by atoms with Crippen molar-refractivity contribution < 1.29 is 18.8 Å². The first-order chi connectivity index (χ1) is 17.0. The molecule has 9 atom stereocenters. The van der Waals surface area contributed by atoms with Crippen molar-refractivity contribution in [3.05, 3.63) is 0 Å². The van der Waals surface area contributed by atoms with Gasteiger partial charge in [0.1, 0.15) is 30.4 Å². The molecule has 9 nitrogen and oxygen atoms in total. The second-order valence-electron chi connectivity index (χ2n) is 11.3. The van der Waals surface area contributed by atoms with Crippen molar-refractivity contribution in [2.45, 2.75) is 107 Å². The van der Waals surface area contributed by atoms with Crippen LogP contribution >= 0.6 is 0 Å². The summed E-state index contributed by atoms with van der Waals surface area (Å²) < 4.78 is 14.2. The Morgan fingerprint density at radius 3 is 2.66 bits per heavy atom. The van der Waals surface area contributed by atoms with Gasteiger partial charge in [0.25, 0.3) is 0 Å². The van der Waals surface area contributed by atoms with E-state index >= 15 is 0 Å². The van der Waals surface area contributed by atoms with Crippen LogP contribution in [-0.4, -0.2) is 54.8 Å². The average molecular weight is 491 g/mol. The van der Waals surface area contributed by atoms with E-state index in [0.717, 1.165) is 51.5 Å². The predicted molar refractivity (Wildman–Crippen MR) is 126 cm³/mol. The third kappa shape index (κ3) is 5.79. The van der Waals surface area contributed by atoms with Crippen molar-refractivity contribution in [1.29, 1.82) is 5.26 Å². The monoisotopic (exact) mass is 490 g/mol. The molecule has 0 radical (unpaired) electrons. The van der Waals surface area contributed by atoms with Crippen LogP contribution in [-0.2, 0) is 14.4 Å². The number of hydrogen-bond acceptors (Lipinski definition) is 7. The molecule has 2 heterocycles. The van der Waals surface area contributed by atoms with Gasteiger partial charge in [0.15, 0.2) is 0 Å². The maximum Gasteiger partial charge on any atom is 0.243 e. The Bertz CT molecular complexity index is 818. The number of halogens is 1. The zero-order chi connectivity index (χ0) is 24.4. The molecule has 2 amide bonds. The van der Waals surface area contributed by atoms with Gasteiger partial charge in [0, 0.05) is 6.54 Å². The van der Waals surface area contributed by atoms with Crippen LogP contribution in [0.3, 0.4) is 0 Å². The van der Waals surface area contributed by atoms with Crippen LogP contribution in [0.5, 0.6) is 0 Å². The highest BCUT2D eigenvalue weighted by Crippen LogP contribution is 2.36. The van der Waals surface area contributed by atoms with E-state index in [2.05, 4.69) is 33.0 Å². The van der Waals surface area contributed by atoms with Crippen molar-refractivity contribution in [3.63, 3.8) is 0 Å². The number of nitrogens with one attached hydrogen (secondary N) is 5. The molecule has 35 heavy (non-hydrogen) atoms. The van der Waals surface area contributed by atoms with E-state index in [4.69, 9.17) is 4.84 Å². The highest BCUT2D eigenvalue weighted by Gasteiger charge is 2.43. The molecular formula is C25H39FN6O3.